The molecule has 1 heterocycles. The van der Waals surface area contributed by atoms with Crippen molar-refractivity contribution in [2.45, 2.75) is 63.6 Å². The topological polar surface area (TPSA) is 93.6 Å². The second-order valence-corrected chi connectivity index (χ2v) is 12.6. The van der Waals surface area contributed by atoms with Crippen LogP contribution >= 0.6 is 23.1 Å². The summed E-state index contributed by atoms with van der Waals surface area (Å²) in [4.78, 5) is 42.7. The van der Waals surface area contributed by atoms with Crippen LogP contribution in [-0.2, 0) is 14.3 Å². The van der Waals surface area contributed by atoms with Gasteiger partial charge in [0.15, 0.2) is 22.7 Å². The number of thioether (sulfide) groups is 1. The van der Waals surface area contributed by atoms with Crippen molar-refractivity contribution in [3.63, 3.8) is 0 Å². The van der Waals surface area contributed by atoms with Crippen LogP contribution in [0.2, 0.25) is 0 Å². The van der Waals surface area contributed by atoms with Crippen LogP contribution in [0.25, 0.3) is 0 Å². The van der Waals surface area contributed by atoms with Gasteiger partial charge in [0.25, 0.3) is 0 Å². The highest BCUT2D eigenvalue weighted by molar-refractivity contribution is 8.13. The molecule has 200 valence electrons. The summed E-state index contributed by atoms with van der Waals surface area (Å²) in [6.07, 6.45) is -0.0476. The first kappa shape index (κ1) is 26.6. The molecule has 1 aromatic heterocycles. The van der Waals surface area contributed by atoms with Gasteiger partial charge in [-0.2, -0.15) is 0 Å². The summed E-state index contributed by atoms with van der Waals surface area (Å²) in [5.41, 5.74) is -5.71. The maximum Gasteiger partial charge on any atom is 0.358 e. The molecule has 4 aliphatic carbocycles. The third kappa shape index (κ3) is 3.35. The van der Waals surface area contributed by atoms with Gasteiger partial charge in [0, 0.05) is 28.0 Å². The summed E-state index contributed by atoms with van der Waals surface area (Å²) < 4.78 is 52.4. The van der Waals surface area contributed by atoms with Crippen molar-refractivity contribution in [3.05, 3.63) is 40.4 Å². The van der Waals surface area contributed by atoms with E-state index in [0.29, 0.717) is 11.8 Å². The molecule has 4 aliphatic rings. The fourth-order valence-electron chi connectivity index (χ4n) is 7.89. The van der Waals surface area contributed by atoms with E-state index in [2.05, 4.69) is 4.98 Å². The van der Waals surface area contributed by atoms with E-state index >= 15 is 8.78 Å². The van der Waals surface area contributed by atoms with Gasteiger partial charge < -0.3 is 9.84 Å². The average molecular weight is 556 g/mol. The summed E-state index contributed by atoms with van der Waals surface area (Å²) in [5, 5.41) is 12.2. The number of ketones is 1. The monoisotopic (exact) mass is 555 g/mol. The lowest BCUT2D eigenvalue weighted by Crippen LogP contribution is -2.70. The van der Waals surface area contributed by atoms with E-state index in [9.17, 15) is 23.9 Å². The zero-order valence-corrected chi connectivity index (χ0v) is 22.2. The number of halogens is 3. The Kier molecular flexibility index (Phi) is 6.31. The van der Waals surface area contributed by atoms with Crippen molar-refractivity contribution in [1.29, 1.82) is 0 Å². The van der Waals surface area contributed by atoms with E-state index in [1.807, 2.05) is 0 Å². The zero-order valence-electron chi connectivity index (χ0n) is 20.6. The first-order chi connectivity index (χ1) is 17.4. The van der Waals surface area contributed by atoms with E-state index < -0.39 is 75.0 Å². The molecule has 5 rings (SSSR count). The maximum absolute atomic E-state index is 17.4. The molecular weight excluding hydrogens is 527 g/mol. The van der Waals surface area contributed by atoms with Gasteiger partial charge in [-0.15, -0.1) is 11.3 Å². The Morgan fingerprint density at radius 2 is 2.03 bits per heavy atom. The molecule has 9 atom stereocenters. The van der Waals surface area contributed by atoms with Gasteiger partial charge >= 0.3 is 5.97 Å². The molecule has 11 heteroatoms. The Hall–Kier alpha value is -1.98. The number of hydrogen-bond donors (Lipinski definition) is 1. The van der Waals surface area contributed by atoms with E-state index in [1.54, 1.807) is 13.8 Å². The van der Waals surface area contributed by atoms with Crippen LogP contribution in [0.3, 0.4) is 0 Å². The lowest BCUT2D eigenvalue weighted by Gasteiger charge is -2.63. The number of aliphatic hydroxyl groups is 1. The van der Waals surface area contributed by atoms with Gasteiger partial charge in [0.05, 0.1) is 11.6 Å². The average Bonchev–Trinajstić information content (AvgIpc) is 3.45. The molecule has 3 fully saturated rings. The molecule has 0 radical (unpaired) electrons. The van der Waals surface area contributed by atoms with Crippen molar-refractivity contribution in [2.24, 2.45) is 28.6 Å². The van der Waals surface area contributed by atoms with E-state index in [4.69, 9.17) is 4.74 Å². The third-order valence-corrected chi connectivity index (χ3v) is 10.8. The van der Waals surface area contributed by atoms with Crippen LogP contribution in [0.5, 0.6) is 0 Å². The molecule has 0 spiro atoms. The molecular formula is C26H28F3NO5S2. The molecule has 0 bridgehead atoms. The number of ether oxygens (including phenoxy) is 1. The van der Waals surface area contributed by atoms with Gasteiger partial charge in [-0.25, -0.2) is 22.9 Å². The van der Waals surface area contributed by atoms with Crippen molar-refractivity contribution in [3.8, 4) is 0 Å². The number of nitrogens with zero attached hydrogens (tertiary/aromatic N) is 1. The van der Waals surface area contributed by atoms with Crippen LogP contribution in [-0.4, -0.2) is 56.5 Å². The highest BCUT2D eigenvalue weighted by atomic mass is 32.2. The number of allylic oxidation sites excluding steroid dienone is 4. The predicted molar refractivity (Wildman–Crippen MR) is 132 cm³/mol. The van der Waals surface area contributed by atoms with Gasteiger partial charge in [0.2, 0.25) is 5.12 Å². The van der Waals surface area contributed by atoms with Crippen LogP contribution in [0.4, 0.5) is 13.2 Å². The fourth-order valence-corrected chi connectivity index (χ4v) is 9.20. The Bertz CT molecular complexity index is 1210. The molecule has 0 aromatic carbocycles. The smallest absolute Gasteiger partial charge is 0.358 e. The fraction of sp³-hybridized carbons (Fsp3) is 0.615. The lowest BCUT2D eigenvalue weighted by atomic mass is 9.44. The van der Waals surface area contributed by atoms with E-state index in [-0.39, 0.29) is 30.5 Å². The summed E-state index contributed by atoms with van der Waals surface area (Å²) in [7, 11) is 0. The molecule has 1 aromatic rings. The highest BCUT2D eigenvalue weighted by Crippen LogP contribution is 2.72. The minimum absolute atomic E-state index is 0.00210. The minimum Gasteiger partial charge on any atom is -0.444 e. The minimum atomic E-state index is -2.34. The Morgan fingerprint density at radius 3 is 2.68 bits per heavy atom. The molecule has 0 aliphatic heterocycles. The Labute approximate surface area is 220 Å². The summed E-state index contributed by atoms with van der Waals surface area (Å²) >= 11 is 1.53. The molecule has 37 heavy (non-hydrogen) atoms. The number of aromatic nitrogens is 1. The Morgan fingerprint density at radius 1 is 1.30 bits per heavy atom. The summed E-state index contributed by atoms with van der Waals surface area (Å²) in [5.74, 6) is -3.71. The van der Waals surface area contributed by atoms with Crippen LogP contribution in [0.1, 0.15) is 50.5 Å². The molecule has 0 saturated heterocycles. The van der Waals surface area contributed by atoms with Crippen molar-refractivity contribution in [2.75, 3.05) is 6.01 Å². The number of aliphatic hydroxyl groups excluding tert-OH is 1. The van der Waals surface area contributed by atoms with Crippen LogP contribution < -0.4 is 0 Å². The normalized spacial score (nSPS) is 44.5. The first-order valence-corrected chi connectivity index (χ1v) is 14.1. The number of fused-ring (bicyclic) bond motifs is 5. The molecule has 0 unspecified atom stereocenters. The van der Waals surface area contributed by atoms with Crippen molar-refractivity contribution >= 4 is 40.0 Å². The standard InChI is InChI=1S/C26H28F3NO5S2/c1-13-6-15-16-8-18(28)17-7-14(31)4-5-23(17,2)25(16,29)20(32)9-24(15,3)26(13,22(34)37-11-27)35-21(33)19-10-36-12-30-19/h4-5,7,10,12-13,15-16,18,20,32H,6,8-9,11H2,1-3H3/t13-,15+,16+,18+,20+,23+,24+,25+,26-/m1/s1. The molecule has 1 N–H and O–H groups in total. The van der Waals surface area contributed by atoms with Crippen LogP contribution in [0, 0.1) is 28.6 Å². The Balaban J connectivity index is 1.64. The zero-order chi connectivity index (χ0) is 27.0. The second kappa shape index (κ2) is 8.77. The quantitative estimate of drug-likeness (QED) is 0.534. The summed E-state index contributed by atoms with van der Waals surface area (Å²) in [6, 6.07) is -1.06. The number of rotatable bonds is 4. The van der Waals surface area contributed by atoms with Gasteiger partial charge in [-0.05, 0) is 61.6 Å². The number of alkyl halides is 3. The predicted octanol–water partition coefficient (Wildman–Crippen LogP) is 4.79. The van der Waals surface area contributed by atoms with Crippen LogP contribution in [0.15, 0.2) is 34.7 Å². The highest BCUT2D eigenvalue weighted by Gasteiger charge is 2.78. The molecule has 3 saturated carbocycles. The SMILES string of the molecule is C[C@@H]1C[C@H]2[C@@H]3C[C@H](F)C4=CC(=O)C=C[C@]4(C)[C@@]3(F)[C@@H](O)C[C@]2(C)[C@]1(OC(=O)c1cscn1)C(=O)SCF. The number of thiazole rings is 1. The number of carbonyl (C=O) groups is 3. The van der Waals surface area contributed by atoms with E-state index in [1.165, 1.54) is 30.0 Å². The molecule has 0 amide bonds. The largest absolute Gasteiger partial charge is 0.444 e. The number of carbonyl (C=O) groups excluding carboxylic acids is 3. The van der Waals surface area contributed by atoms with E-state index in [0.717, 1.165) is 17.4 Å². The number of hydrogen-bond acceptors (Lipinski definition) is 8. The summed E-state index contributed by atoms with van der Waals surface area (Å²) in [6.45, 7) is 4.82. The second-order valence-electron chi connectivity index (χ2n) is 11.0. The molecule has 6 nitrogen and oxygen atoms in total. The van der Waals surface area contributed by atoms with Gasteiger partial charge in [-0.3, -0.25) is 9.59 Å². The van der Waals surface area contributed by atoms with Crippen molar-refractivity contribution < 1.29 is 37.4 Å². The third-order valence-electron chi connectivity index (χ3n) is 9.55. The van der Waals surface area contributed by atoms with Gasteiger partial charge in [-0.1, -0.05) is 19.9 Å². The lowest BCUT2D eigenvalue weighted by molar-refractivity contribution is -0.221. The van der Waals surface area contributed by atoms with Gasteiger partial charge in [0.1, 0.15) is 12.2 Å². The first-order valence-electron chi connectivity index (χ1n) is 12.2. The maximum atomic E-state index is 17.4. The number of esters is 1. The van der Waals surface area contributed by atoms with Crippen molar-refractivity contribution in [1.82, 2.24) is 4.98 Å².